The third kappa shape index (κ3) is 1.82. The van der Waals surface area contributed by atoms with Gasteiger partial charge in [-0.15, -0.1) is 0 Å². The van der Waals surface area contributed by atoms with E-state index in [4.69, 9.17) is 15.2 Å². The lowest BCUT2D eigenvalue weighted by Gasteiger charge is -2.31. The van der Waals surface area contributed by atoms with Crippen molar-refractivity contribution in [2.45, 2.75) is 31.1 Å². The maximum atomic E-state index is 6.05. The third-order valence-corrected chi connectivity index (χ3v) is 4.96. The Morgan fingerprint density at radius 2 is 1.89 bits per heavy atom. The summed E-state index contributed by atoms with van der Waals surface area (Å²) < 4.78 is 12.4. The van der Waals surface area contributed by atoms with Gasteiger partial charge in [0.2, 0.25) is 0 Å². The van der Waals surface area contributed by atoms with Crippen LogP contribution in [0.15, 0.2) is 16.6 Å². The van der Waals surface area contributed by atoms with Gasteiger partial charge in [0.25, 0.3) is 0 Å². The predicted octanol–water partition coefficient (Wildman–Crippen LogP) is 2.99. The monoisotopic (exact) mass is 311 g/mol. The van der Waals surface area contributed by atoms with Crippen molar-refractivity contribution in [1.82, 2.24) is 0 Å². The highest BCUT2D eigenvalue weighted by Gasteiger charge is 2.37. The molecule has 1 aromatic rings. The molecule has 0 atom stereocenters. The van der Waals surface area contributed by atoms with Gasteiger partial charge in [-0.25, -0.2) is 0 Å². The van der Waals surface area contributed by atoms with E-state index in [9.17, 15) is 0 Å². The van der Waals surface area contributed by atoms with E-state index in [1.165, 1.54) is 31.2 Å². The van der Waals surface area contributed by atoms with E-state index in [1.54, 1.807) is 0 Å². The number of nitrogens with two attached hydrogens (primary N) is 1. The van der Waals surface area contributed by atoms with E-state index in [-0.39, 0.29) is 5.41 Å². The van der Waals surface area contributed by atoms with Crippen LogP contribution in [0.4, 0.5) is 0 Å². The molecule has 0 aromatic heterocycles. The maximum absolute atomic E-state index is 6.05. The second-order valence-electron chi connectivity index (χ2n) is 5.14. The van der Waals surface area contributed by atoms with Crippen LogP contribution >= 0.6 is 15.9 Å². The smallest absolute Gasteiger partial charge is 0.175 e. The van der Waals surface area contributed by atoms with Gasteiger partial charge in [-0.2, -0.15) is 0 Å². The summed E-state index contributed by atoms with van der Waals surface area (Å²) in [4.78, 5) is 0. The van der Waals surface area contributed by atoms with Crippen molar-refractivity contribution in [3.8, 4) is 11.5 Å². The Morgan fingerprint density at radius 3 is 2.61 bits per heavy atom. The first-order chi connectivity index (χ1) is 8.77. The van der Waals surface area contributed by atoms with E-state index in [2.05, 4.69) is 22.0 Å². The Balaban J connectivity index is 2.07. The average molecular weight is 312 g/mol. The molecule has 18 heavy (non-hydrogen) atoms. The summed E-state index contributed by atoms with van der Waals surface area (Å²) in [7, 11) is 0. The summed E-state index contributed by atoms with van der Waals surface area (Å²) in [6.45, 7) is 1.94. The van der Waals surface area contributed by atoms with Crippen LogP contribution in [0.3, 0.4) is 0 Å². The lowest BCUT2D eigenvalue weighted by molar-refractivity contribution is 0.169. The molecule has 1 aliphatic heterocycles. The van der Waals surface area contributed by atoms with E-state index in [0.717, 1.165) is 16.0 Å². The van der Waals surface area contributed by atoms with Gasteiger partial charge in [-0.3, -0.25) is 0 Å². The molecule has 1 aliphatic carbocycles. The van der Waals surface area contributed by atoms with Crippen LogP contribution in [0.5, 0.6) is 11.5 Å². The highest BCUT2D eigenvalue weighted by Crippen LogP contribution is 2.48. The Morgan fingerprint density at radius 1 is 1.17 bits per heavy atom. The number of hydrogen-bond acceptors (Lipinski definition) is 3. The predicted molar refractivity (Wildman–Crippen MR) is 74.3 cm³/mol. The molecule has 0 saturated heterocycles. The summed E-state index contributed by atoms with van der Waals surface area (Å²) in [5.74, 6) is 1.68. The number of hydrogen-bond donors (Lipinski definition) is 1. The number of rotatable bonds is 2. The Labute approximate surface area is 116 Å². The van der Waals surface area contributed by atoms with Crippen molar-refractivity contribution in [2.75, 3.05) is 19.8 Å². The van der Waals surface area contributed by atoms with E-state index in [0.29, 0.717) is 19.8 Å². The first-order valence-corrected chi connectivity index (χ1v) is 7.35. The third-order valence-electron chi connectivity index (χ3n) is 4.17. The number of halogens is 1. The van der Waals surface area contributed by atoms with Crippen molar-refractivity contribution in [3.63, 3.8) is 0 Å². The Bertz CT molecular complexity index is 455. The largest absolute Gasteiger partial charge is 0.486 e. The van der Waals surface area contributed by atoms with Gasteiger partial charge in [-0.1, -0.05) is 18.9 Å². The molecule has 98 valence electrons. The topological polar surface area (TPSA) is 44.5 Å². The first-order valence-electron chi connectivity index (χ1n) is 6.55. The summed E-state index contributed by atoms with van der Waals surface area (Å²) in [6.07, 6.45) is 4.86. The minimum absolute atomic E-state index is 0.120. The van der Waals surface area contributed by atoms with Crippen LogP contribution in [-0.4, -0.2) is 19.8 Å². The van der Waals surface area contributed by atoms with Gasteiger partial charge in [-0.05, 0) is 40.4 Å². The molecule has 0 spiro atoms. The SMILES string of the molecule is NCC1(c2ccc3c(c2Br)OCCO3)CCCC1. The van der Waals surface area contributed by atoms with E-state index in [1.807, 2.05) is 6.07 Å². The number of ether oxygens (including phenoxy) is 2. The second-order valence-corrected chi connectivity index (χ2v) is 5.94. The van der Waals surface area contributed by atoms with Crippen molar-refractivity contribution in [1.29, 1.82) is 0 Å². The zero-order chi connectivity index (χ0) is 12.6. The molecule has 1 heterocycles. The van der Waals surface area contributed by atoms with Crippen LogP contribution in [0.2, 0.25) is 0 Å². The fourth-order valence-corrected chi connectivity index (χ4v) is 3.99. The molecule has 0 amide bonds. The maximum Gasteiger partial charge on any atom is 0.175 e. The van der Waals surface area contributed by atoms with Crippen LogP contribution < -0.4 is 15.2 Å². The zero-order valence-corrected chi connectivity index (χ0v) is 12.0. The van der Waals surface area contributed by atoms with Gasteiger partial charge < -0.3 is 15.2 Å². The summed E-state index contributed by atoms with van der Waals surface area (Å²) in [5, 5.41) is 0. The van der Waals surface area contributed by atoms with Crippen LogP contribution in [-0.2, 0) is 5.41 Å². The Hall–Kier alpha value is -0.740. The molecule has 4 heteroatoms. The lowest BCUT2D eigenvalue weighted by atomic mass is 9.79. The van der Waals surface area contributed by atoms with Crippen LogP contribution in [0.25, 0.3) is 0 Å². The molecular formula is C14H18BrNO2. The first kappa shape index (κ1) is 12.3. The fraction of sp³-hybridized carbons (Fsp3) is 0.571. The fourth-order valence-electron chi connectivity index (χ4n) is 3.13. The average Bonchev–Trinajstić information content (AvgIpc) is 2.89. The zero-order valence-electron chi connectivity index (χ0n) is 10.4. The van der Waals surface area contributed by atoms with Gasteiger partial charge in [0, 0.05) is 12.0 Å². The van der Waals surface area contributed by atoms with Gasteiger partial charge in [0.15, 0.2) is 11.5 Å². The standard InChI is InChI=1S/C14H18BrNO2/c15-12-10(14(9-16)5-1-2-6-14)3-4-11-13(12)18-8-7-17-11/h3-4H,1-2,5-9,16H2. The van der Waals surface area contributed by atoms with Crippen molar-refractivity contribution in [2.24, 2.45) is 5.73 Å². The molecular weight excluding hydrogens is 294 g/mol. The summed E-state index contributed by atoms with van der Waals surface area (Å²) >= 11 is 3.69. The summed E-state index contributed by atoms with van der Waals surface area (Å²) in [6, 6.07) is 4.17. The van der Waals surface area contributed by atoms with Gasteiger partial charge in [0.05, 0.1) is 4.47 Å². The second kappa shape index (κ2) is 4.74. The molecule has 2 N–H and O–H groups in total. The highest BCUT2D eigenvalue weighted by molar-refractivity contribution is 9.10. The van der Waals surface area contributed by atoms with Crippen molar-refractivity contribution >= 4 is 15.9 Å². The van der Waals surface area contributed by atoms with Crippen LogP contribution in [0, 0.1) is 0 Å². The molecule has 1 saturated carbocycles. The molecule has 1 fully saturated rings. The van der Waals surface area contributed by atoms with Gasteiger partial charge in [0.1, 0.15) is 13.2 Å². The molecule has 0 unspecified atom stereocenters. The van der Waals surface area contributed by atoms with Crippen LogP contribution in [0.1, 0.15) is 31.2 Å². The van der Waals surface area contributed by atoms with E-state index < -0.39 is 0 Å². The van der Waals surface area contributed by atoms with Crippen molar-refractivity contribution < 1.29 is 9.47 Å². The number of fused-ring (bicyclic) bond motifs is 1. The molecule has 0 bridgehead atoms. The molecule has 0 radical (unpaired) electrons. The minimum atomic E-state index is 0.120. The lowest BCUT2D eigenvalue weighted by Crippen LogP contribution is -2.32. The minimum Gasteiger partial charge on any atom is -0.486 e. The Kier molecular flexibility index (Phi) is 3.24. The number of benzene rings is 1. The summed E-state index contributed by atoms with van der Waals surface area (Å²) in [5.41, 5.74) is 7.46. The van der Waals surface area contributed by atoms with Gasteiger partial charge >= 0.3 is 0 Å². The normalized spacial score (nSPS) is 21.0. The van der Waals surface area contributed by atoms with E-state index >= 15 is 0 Å². The molecule has 1 aromatic carbocycles. The molecule has 3 rings (SSSR count). The molecule has 2 aliphatic rings. The van der Waals surface area contributed by atoms with Crippen molar-refractivity contribution in [3.05, 3.63) is 22.2 Å². The molecule has 3 nitrogen and oxygen atoms in total. The highest BCUT2D eigenvalue weighted by atomic mass is 79.9. The quantitative estimate of drug-likeness (QED) is 0.913.